The van der Waals surface area contributed by atoms with E-state index < -0.39 is 0 Å². The van der Waals surface area contributed by atoms with Crippen LogP contribution in [0.2, 0.25) is 0 Å². The van der Waals surface area contributed by atoms with Gasteiger partial charge in [-0.1, -0.05) is 62.3 Å². The molecule has 2 aliphatic rings. The maximum Gasteiger partial charge on any atom is 0.327 e. The van der Waals surface area contributed by atoms with Crippen LogP contribution in [0.4, 0.5) is 16.2 Å². The third-order valence-electron chi connectivity index (χ3n) is 8.44. The number of allylic oxidation sites excluding steroid dienone is 1. The van der Waals surface area contributed by atoms with E-state index in [9.17, 15) is 10.1 Å². The molecule has 1 saturated heterocycles. The number of morpholine rings is 1. The number of quaternary nitrogens is 1. The van der Waals surface area contributed by atoms with Gasteiger partial charge >= 0.3 is 6.03 Å². The van der Waals surface area contributed by atoms with E-state index in [0.717, 1.165) is 71.8 Å². The van der Waals surface area contributed by atoms with Crippen LogP contribution >= 0.6 is 0 Å². The summed E-state index contributed by atoms with van der Waals surface area (Å²) in [4.78, 5) is 20.8. The predicted molar refractivity (Wildman–Crippen MR) is 180 cm³/mol. The summed E-state index contributed by atoms with van der Waals surface area (Å²) in [7, 11) is 0. The molecule has 4 aromatic rings. The average Bonchev–Trinajstić information content (AvgIpc) is 3.72. The fourth-order valence-electron chi connectivity index (χ4n) is 5.92. The van der Waals surface area contributed by atoms with Crippen molar-refractivity contribution in [2.45, 2.75) is 40.2 Å². The number of ether oxygens (including phenoxy) is 1. The van der Waals surface area contributed by atoms with Gasteiger partial charge in [0.05, 0.1) is 36.9 Å². The van der Waals surface area contributed by atoms with Gasteiger partial charge in [0, 0.05) is 61.1 Å². The molecule has 2 aromatic carbocycles. The second-order valence-corrected chi connectivity index (χ2v) is 12.7. The molecule has 1 atom stereocenters. The number of amides is 2. The minimum Gasteiger partial charge on any atom is -0.379 e. The third-order valence-corrected chi connectivity index (χ3v) is 8.44. The summed E-state index contributed by atoms with van der Waals surface area (Å²) < 4.78 is 5.49. The normalized spacial score (nSPS) is 18.6. The lowest BCUT2D eigenvalue weighted by atomic mass is 9.90. The van der Waals surface area contributed by atoms with Gasteiger partial charge in [-0.05, 0) is 23.1 Å². The number of carbonyl (C=O) groups excluding carboxylic acids is 1. The van der Waals surface area contributed by atoms with E-state index in [1.807, 2.05) is 42.6 Å². The molecule has 2 amide bonds. The predicted octanol–water partition coefficient (Wildman–Crippen LogP) is 6.15. The van der Waals surface area contributed by atoms with Crippen molar-refractivity contribution in [3.63, 3.8) is 0 Å². The van der Waals surface area contributed by atoms with Gasteiger partial charge in [-0.3, -0.25) is 20.3 Å². The van der Waals surface area contributed by atoms with Crippen LogP contribution in [0.5, 0.6) is 0 Å². The number of hydrogen-bond donors (Lipinski definition) is 3. The van der Waals surface area contributed by atoms with Crippen LogP contribution in [-0.4, -0.2) is 64.7 Å². The van der Waals surface area contributed by atoms with Gasteiger partial charge in [-0.15, -0.1) is 4.59 Å². The molecule has 2 aliphatic heterocycles. The van der Waals surface area contributed by atoms with E-state index in [2.05, 4.69) is 70.8 Å². The van der Waals surface area contributed by atoms with Crippen LogP contribution < -0.4 is 15.2 Å². The van der Waals surface area contributed by atoms with Gasteiger partial charge in [-0.25, -0.2) is 4.79 Å². The van der Waals surface area contributed by atoms with E-state index >= 15 is 0 Å². The van der Waals surface area contributed by atoms with E-state index in [1.165, 1.54) is 0 Å². The quantitative estimate of drug-likeness (QED) is 0.152. The van der Waals surface area contributed by atoms with Gasteiger partial charge in [0.15, 0.2) is 0 Å². The molecule has 0 bridgehead atoms. The van der Waals surface area contributed by atoms with Crippen molar-refractivity contribution in [1.82, 2.24) is 30.0 Å². The van der Waals surface area contributed by atoms with E-state index in [-0.39, 0.29) is 16.0 Å². The van der Waals surface area contributed by atoms with Crippen molar-refractivity contribution < 1.29 is 9.53 Å². The summed E-state index contributed by atoms with van der Waals surface area (Å²) in [5.74, 6) is 0.603. The van der Waals surface area contributed by atoms with Crippen LogP contribution in [0.25, 0.3) is 21.9 Å². The maximum atomic E-state index is 13.7. The molecule has 2 aromatic heterocycles. The van der Waals surface area contributed by atoms with Crippen LogP contribution in [-0.2, 0) is 11.3 Å². The van der Waals surface area contributed by atoms with E-state index in [1.54, 1.807) is 12.4 Å². The second-order valence-electron chi connectivity index (χ2n) is 12.7. The zero-order valence-electron chi connectivity index (χ0n) is 26.6. The standard InChI is InChI=1S/C35H39N9O2/c1-35(2,3)32-20-33(44(42-32,17-7-6-14-36)27-22-38-39-23-27)41-34(45)40-31-13-12-28(29-8-4-5-9-30(29)31)25-10-11-26(37-21-25)24-43-15-18-46-19-16-43/h4-5,8-13,20-23H,6-7,15-19,24H2,1-3H3,(H2-,38,39,40,41,42,45)/p+1. The first-order valence-electron chi connectivity index (χ1n) is 15.7. The molecule has 1 fully saturated rings. The molecule has 11 nitrogen and oxygen atoms in total. The van der Waals surface area contributed by atoms with Crippen LogP contribution in [0.15, 0.2) is 84.1 Å². The first kappa shape index (κ1) is 31.1. The Morgan fingerprint density at radius 1 is 1.07 bits per heavy atom. The highest BCUT2D eigenvalue weighted by molar-refractivity contribution is 6.08. The van der Waals surface area contributed by atoms with Crippen molar-refractivity contribution in [1.29, 1.82) is 5.26 Å². The molecular weight excluding hydrogens is 578 g/mol. The number of nitrogens with one attached hydrogen (secondary N) is 3. The Hall–Kier alpha value is -4.89. The molecule has 0 spiro atoms. The number of carbonyl (C=O) groups is 1. The Morgan fingerprint density at radius 3 is 2.57 bits per heavy atom. The van der Waals surface area contributed by atoms with Crippen molar-refractivity contribution in [2.24, 2.45) is 10.5 Å². The monoisotopic (exact) mass is 618 g/mol. The fraction of sp³-hybridized carbons (Fsp3) is 0.343. The number of nitrogens with zero attached hydrogens (tertiary/aromatic N) is 6. The zero-order chi connectivity index (χ0) is 32.1. The fourth-order valence-corrected chi connectivity index (χ4v) is 5.92. The van der Waals surface area contributed by atoms with Crippen molar-refractivity contribution in [3.05, 3.63) is 84.7 Å². The van der Waals surface area contributed by atoms with E-state index in [4.69, 9.17) is 14.8 Å². The molecule has 0 aliphatic carbocycles. The lowest BCUT2D eigenvalue weighted by Gasteiger charge is -2.29. The molecule has 6 rings (SSSR count). The largest absolute Gasteiger partial charge is 0.379 e. The van der Waals surface area contributed by atoms with Gasteiger partial charge in [0.25, 0.3) is 0 Å². The number of rotatable bonds is 9. The van der Waals surface area contributed by atoms with Crippen LogP contribution in [0.3, 0.4) is 0 Å². The van der Waals surface area contributed by atoms with Crippen LogP contribution in [0, 0.1) is 16.7 Å². The summed E-state index contributed by atoms with van der Waals surface area (Å²) in [5.41, 5.74) is 5.15. The topological polar surface area (TPSA) is 131 Å². The molecule has 236 valence electrons. The Kier molecular flexibility index (Phi) is 8.94. The smallest absolute Gasteiger partial charge is 0.327 e. The molecule has 0 radical (unpaired) electrons. The van der Waals surface area contributed by atoms with E-state index in [0.29, 0.717) is 30.9 Å². The number of unbranched alkanes of at least 4 members (excludes halogenated alkanes) is 1. The van der Waals surface area contributed by atoms with Gasteiger partial charge in [-0.2, -0.15) is 10.4 Å². The Labute approximate surface area is 269 Å². The Balaban J connectivity index is 1.25. The number of benzene rings is 2. The lowest BCUT2D eigenvalue weighted by molar-refractivity contribution is 0.0336. The average molecular weight is 619 g/mol. The minimum absolute atomic E-state index is 0.0203. The maximum absolute atomic E-state index is 13.7. The summed E-state index contributed by atoms with van der Waals surface area (Å²) in [5, 5.41) is 29.5. The molecule has 3 N–H and O–H groups in total. The van der Waals surface area contributed by atoms with Gasteiger partial charge in [0.2, 0.25) is 11.5 Å². The number of urea groups is 1. The zero-order valence-corrected chi connectivity index (χ0v) is 26.6. The summed E-state index contributed by atoms with van der Waals surface area (Å²) in [6.07, 6.45) is 8.34. The highest BCUT2D eigenvalue weighted by atomic mass is 16.5. The number of fused-ring (bicyclic) bond motifs is 1. The number of hydrogen-bond acceptors (Lipinski definition) is 7. The molecule has 11 heteroatoms. The van der Waals surface area contributed by atoms with Gasteiger partial charge < -0.3 is 10.1 Å². The number of nitriles is 1. The summed E-state index contributed by atoms with van der Waals surface area (Å²) >= 11 is 0. The Morgan fingerprint density at radius 2 is 1.87 bits per heavy atom. The third kappa shape index (κ3) is 6.55. The molecule has 4 heterocycles. The number of anilines is 1. The highest BCUT2D eigenvalue weighted by Crippen LogP contribution is 2.37. The molecule has 46 heavy (non-hydrogen) atoms. The highest BCUT2D eigenvalue weighted by Gasteiger charge is 2.45. The molecule has 1 unspecified atom stereocenters. The summed E-state index contributed by atoms with van der Waals surface area (Å²) in [6.45, 7) is 10.9. The molecule has 0 saturated carbocycles. The number of pyridine rings is 1. The first-order chi connectivity index (χ1) is 22.3. The number of aromatic amines is 1. The van der Waals surface area contributed by atoms with Gasteiger partial charge in [0.1, 0.15) is 18.5 Å². The number of H-pyrrole nitrogens is 1. The second kappa shape index (κ2) is 13.2. The van der Waals surface area contributed by atoms with Crippen molar-refractivity contribution in [3.8, 4) is 17.2 Å². The summed E-state index contributed by atoms with van der Waals surface area (Å²) in [6, 6.07) is 18.1. The van der Waals surface area contributed by atoms with Crippen molar-refractivity contribution in [2.75, 3.05) is 38.2 Å². The number of aromatic nitrogens is 3. The Bertz CT molecular complexity index is 1790. The lowest BCUT2D eigenvalue weighted by Crippen LogP contribution is -2.49. The van der Waals surface area contributed by atoms with Crippen molar-refractivity contribution >= 4 is 33.9 Å². The van der Waals surface area contributed by atoms with Crippen LogP contribution in [0.1, 0.15) is 39.3 Å². The minimum atomic E-state index is -0.380. The first-order valence-corrected chi connectivity index (χ1v) is 15.7. The SMILES string of the molecule is CC(C)(C)C1=N[N+](CCCC#N)(c2cn[nH]c2)C(NC(=O)Nc2ccc(-c3ccc(CN4CCOCC4)nc3)c3ccccc23)=C1. The molecular formula is C35H40N9O2+.